The lowest BCUT2D eigenvalue weighted by atomic mass is 9.82. The Morgan fingerprint density at radius 2 is 1.95 bits per heavy atom. The van der Waals surface area contributed by atoms with Crippen molar-refractivity contribution in [2.45, 2.75) is 19.3 Å². The number of benzene rings is 1. The molecule has 1 unspecified atom stereocenters. The molecule has 1 aromatic rings. The lowest BCUT2D eigenvalue weighted by Gasteiger charge is -2.36. The van der Waals surface area contributed by atoms with Crippen LogP contribution >= 0.6 is 0 Å². The highest BCUT2D eigenvalue weighted by atomic mass is 16.2. The van der Waals surface area contributed by atoms with Gasteiger partial charge in [0.1, 0.15) is 0 Å². The number of likely N-dealkylation sites (tertiary alicyclic amines) is 1. The van der Waals surface area contributed by atoms with Gasteiger partial charge in [0.15, 0.2) is 5.78 Å². The van der Waals surface area contributed by atoms with E-state index in [-0.39, 0.29) is 11.7 Å². The largest absolute Gasteiger partial charge is 0.338 e. The first-order valence-electron chi connectivity index (χ1n) is 6.81. The van der Waals surface area contributed by atoms with Crippen molar-refractivity contribution in [2.75, 3.05) is 13.1 Å². The molecule has 0 aromatic heterocycles. The molecule has 3 nitrogen and oxygen atoms in total. The molecule has 2 aliphatic rings. The smallest absolute Gasteiger partial charge is 0.253 e. The van der Waals surface area contributed by atoms with Crippen LogP contribution < -0.4 is 0 Å². The van der Waals surface area contributed by atoms with Crippen LogP contribution in [0.2, 0.25) is 0 Å². The van der Waals surface area contributed by atoms with Crippen molar-refractivity contribution < 1.29 is 9.59 Å². The van der Waals surface area contributed by atoms with Gasteiger partial charge in [0, 0.05) is 25.1 Å². The molecule has 3 heteroatoms. The lowest BCUT2D eigenvalue weighted by molar-refractivity contribution is -0.115. The van der Waals surface area contributed by atoms with Crippen molar-refractivity contribution in [3.05, 3.63) is 47.5 Å². The van der Waals surface area contributed by atoms with Crippen LogP contribution in [0.3, 0.4) is 0 Å². The molecule has 0 N–H and O–H groups in total. The van der Waals surface area contributed by atoms with E-state index in [1.807, 2.05) is 35.2 Å². The zero-order valence-corrected chi connectivity index (χ0v) is 10.8. The Hall–Kier alpha value is -1.90. The number of hydrogen-bond acceptors (Lipinski definition) is 2. The van der Waals surface area contributed by atoms with E-state index in [4.69, 9.17) is 0 Å². The molecule has 1 atom stereocenters. The second-order valence-corrected chi connectivity index (χ2v) is 5.29. The Labute approximate surface area is 112 Å². The minimum Gasteiger partial charge on any atom is -0.338 e. The van der Waals surface area contributed by atoms with Crippen LogP contribution in [0, 0.1) is 5.92 Å². The summed E-state index contributed by atoms with van der Waals surface area (Å²) in [7, 11) is 0. The van der Waals surface area contributed by atoms with Crippen LogP contribution in [0.4, 0.5) is 0 Å². The molecule has 98 valence electrons. The number of carbonyl (C=O) groups is 2. The number of carbonyl (C=O) groups excluding carboxylic acids is 2. The number of hydrogen-bond donors (Lipinski definition) is 0. The number of amides is 1. The number of piperidine rings is 1. The zero-order chi connectivity index (χ0) is 13.2. The second kappa shape index (κ2) is 5.00. The third-order valence-electron chi connectivity index (χ3n) is 4.03. The Balaban J connectivity index is 1.74. The van der Waals surface area contributed by atoms with E-state index in [2.05, 4.69) is 0 Å². The molecule has 1 fully saturated rings. The number of nitrogens with zero attached hydrogens (tertiary/aromatic N) is 1. The summed E-state index contributed by atoms with van der Waals surface area (Å²) in [6.45, 7) is 1.48. The van der Waals surface area contributed by atoms with Gasteiger partial charge in [-0.05, 0) is 37.0 Å². The first-order chi connectivity index (χ1) is 9.24. The SMILES string of the molecule is O=C1C=C2CCN(C(=O)c3ccccc3)CC2CC1. The van der Waals surface area contributed by atoms with Crippen LogP contribution in [0.1, 0.15) is 29.6 Å². The van der Waals surface area contributed by atoms with E-state index < -0.39 is 0 Å². The maximum atomic E-state index is 12.4. The molecule has 1 saturated heterocycles. The maximum Gasteiger partial charge on any atom is 0.253 e. The van der Waals surface area contributed by atoms with Crippen molar-refractivity contribution in [3.63, 3.8) is 0 Å². The van der Waals surface area contributed by atoms with Gasteiger partial charge in [0.05, 0.1) is 0 Å². The quantitative estimate of drug-likeness (QED) is 0.773. The van der Waals surface area contributed by atoms with Crippen molar-refractivity contribution in [1.82, 2.24) is 4.90 Å². The number of ketones is 1. The van der Waals surface area contributed by atoms with Crippen LogP contribution in [0.25, 0.3) is 0 Å². The van der Waals surface area contributed by atoms with Gasteiger partial charge in [-0.25, -0.2) is 0 Å². The first-order valence-corrected chi connectivity index (χ1v) is 6.81. The van der Waals surface area contributed by atoms with Gasteiger partial charge in [-0.3, -0.25) is 9.59 Å². The van der Waals surface area contributed by atoms with Gasteiger partial charge in [-0.15, -0.1) is 0 Å². The van der Waals surface area contributed by atoms with Crippen molar-refractivity contribution in [3.8, 4) is 0 Å². The fourth-order valence-electron chi connectivity index (χ4n) is 2.95. The molecule has 0 radical (unpaired) electrons. The highest BCUT2D eigenvalue weighted by Crippen LogP contribution is 2.31. The summed E-state index contributed by atoms with van der Waals surface area (Å²) in [4.78, 5) is 25.7. The first kappa shape index (κ1) is 12.2. The van der Waals surface area contributed by atoms with Crippen LogP contribution in [0.5, 0.6) is 0 Å². The maximum absolute atomic E-state index is 12.4. The summed E-state index contributed by atoms with van der Waals surface area (Å²) in [5.74, 6) is 0.741. The molecule has 0 spiro atoms. The molecule has 0 bridgehead atoms. The second-order valence-electron chi connectivity index (χ2n) is 5.29. The summed E-state index contributed by atoms with van der Waals surface area (Å²) < 4.78 is 0. The van der Waals surface area contributed by atoms with Crippen LogP contribution in [0.15, 0.2) is 42.0 Å². The Morgan fingerprint density at radius 1 is 1.16 bits per heavy atom. The highest BCUT2D eigenvalue weighted by molar-refractivity contribution is 5.94. The van der Waals surface area contributed by atoms with E-state index in [9.17, 15) is 9.59 Å². The zero-order valence-electron chi connectivity index (χ0n) is 10.8. The summed E-state index contributed by atoms with van der Waals surface area (Å²) in [6.07, 6.45) is 4.16. The normalized spacial score (nSPS) is 22.7. The average molecular weight is 255 g/mol. The third kappa shape index (κ3) is 2.46. The van der Waals surface area contributed by atoms with Crippen molar-refractivity contribution in [1.29, 1.82) is 0 Å². The van der Waals surface area contributed by atoms with E-state index in [0.29, 0.717) is 12.3 Å². The van der Waals surface area contributed by atoms with Gasteiger partial charge in [0.2, 0.25) is 0 Å². The predicted octanol–water partition coefficient (Wildman–Crippen LogP) is 2.44. The molecule has 19 heavy (non-hydrogen) atoms. The third-order valence-corrected chi connectivity index (χ3v) is 4.03. The molecule has 1 aliphatic heterocycles. The van der Waals surface area contributed by atoms with Gasteiger partial charge >= 0.3 is 0 Å². The monoisotopic (exact) mass is 255 g/mol. The topological polar surface area (TPSA) is 37.4 Å². The van der Waals surface area contributed by atoms with Crippen LogP contribution in [-0.4, -0.2) is 29.7 Å². The Morgan fingerprint density at radius 3 is 2.74 bits per heavy atom. The summed E-state index contributed by atoms with van der Waals surface area (Å²) in [5.41, 5.74) is 2.00. The predicted molar refractivity (Wildman–Crippen MR) is 72.8 cm³/mol. The molecule has 0 saturated carbocycles. The summed E-state index contributed by atoms with van der Waals surface area (Å²) in [5, 5.41) is 0. The Bertz CT molecular complexity index is 533. The fraction of sp³-hybridized carbons (Fsp3) is 0.375. The molecule has 1 heterocycles. The minimum atomic E-state index is 0.108. The molecule has 1 amide bonds. The van der Waals surface area contributed by atoms with Gasteiger partial charge in [0.25, 0.3) is 5.91 Å². The minimum absolute atomic E-state index is 0.108. The number of allylic oxidation sites excluding steroid dienone is 1. The molecule has 1 aromatic carbocycles. The highest BCUT2D eigenvalue weighted by Gasteiger charge is 2.30. The van der Waals surface area contributed by atoms with Crippen LogP contribution in [-0.2, 0) is 4.79 Å². The van der Waals surface area contributed by atoms with E-state index >= 15 is 0 Å². The van der Waals surface area contributed by atoms with Gasteiger partial charge < -0.3 is 4.90 Å². The molecular formula is C16H17NO2. The van der Waals surface area contributed by atoms with E-state index in [0.717, 1.165) is 31.5 Å². The summed E-state index contributed by atoms with van der Waals surface area (Å²) >= 11 is 0. The molecule has 3 rings (SSSR count). The van der Waals surface area contributed by atoms with Gasteiger partial charge in [-0.1, -0.05) is 23.8 Å². The van der Waals surface area contributed by atoms with Crippen molar-refractivity contribution >= 4 is 11.7 Å². The number of fused-ring (bicyclic) bond motifs is 1. The van der Waals surface area contributed by atoms with Crippen molar-refractivity contribution in [2.24, 2.45) is 5.92 Å². The standard InChI is InChI=1S/C16H17NO2/c18-15-7-6-14-11-17(9-8-13(14)10-15)16(19)12-4-2-1-3-5-12/h1-5,10,14H,6-9,11H2. The molecular weight excluding hydrogens is 238 g/mol. The average Bonchev–Trinajstić information content (AvgIpc) is 2.47. The lowest BCUT2D eigenvalue weighted by Crippen LogP contribution is -2.42. The Kier molecular flexibility index (Phi) is 3.20. The summed E-state index contributed by atoms with van der Waals surface area (Å²) in [6, 6.07) is 9.42. The molecule has 1 aliphatic carbocycles. The van der Waals surface area contributed by atoms with Gasteiger partial charge in [-0.2, -0.15) is 0 Å². The fourth-order valence-corrected chi connectivity index (χ4v) is 2.95. The van der Waals surface area contributed by atoms with E-state index in [1.54, 1.807) is 6.08 Å². The number of rotatable bonds is 1. The van der Waals surface area contributed by atoms with E-state index in [1.165, 1.54) is 5.57 Å².